The Morgan fingerprint density at radius 2 is 1.70 bits per heavy atom. The standard InChI is InChI=1S/C15H21NO4/c1-4-16(5-2)15(18)20-11-12-9-7-8-10-13(12)14(17)19-6-3/h7-10H,4-6,11H2,1-3H3. The van der Waals surface area contributed by atoms with Crippen LogP contribution in [0.15, 0.2) is 24.3 Å². The summed E-state index contributed by atoms with van der Waals surface area (Å²) in [5.74, 6) is -0.401. The fourth-order valence-electron chi connectivity index (χ4n) is 1.77. The topological polar surface area (TPSA) is 55.8 Å². The van der Waals surface area contributed by atoms with E-state index in [0.717, 1.165) is 0 Å². The van der Waals surface area contributed by atoms with Gasteiger partial charge in [0, 0.05) is 18.7 Å². The Hall–Kier alpha value is -2.04. The van der Waals surface area contributed by atoms with Crippen molar-refractivity contribution in [3.63, 3.8) is 0 Å². The number of hydrogen-bond donors (Lipinski definition) is 0. The molecule has 0 atom stereocenters. The number of nitrogens with zero attached hydrogens (tertiary/aromatic N) is 1. The van der Waals surface area contributed by atoms with Gasteiger partial charge in [-0.25, -0.2) is 9.59 Å². The summed E-state index contributed by atoms with van der Waals surface area (Å²) in [6.07, 6.45) is -0.381. The Kier molecular flexibility index (Phi) is 6.56. The minimum Gasteiger partial charge on any atom is -0.462 e. The van der Waals surface area contributed by atoms with Crippen LogP contribution in [0.2, 0.25) is 0 Å². The minimum absolute atomic E-state index is 0.0598. The van der Waals surface area contributed by atoms with Gasteiger partial charge in [-0.2, -0.15) is 0 Å². The zero-order chi connectivity index (χ0) is 15.0. The van der Waals surface area contributed by atoms with Crippen LogP contribution in [0.25, 0.3) is 0 Å². The van der Waals surface area contributed by atoms with E-state index in [2.05, 4.69) is 0 Å². The highest BCUT2D eigenvalue weighted by molar-refractivity contribution is 5.91. The van der Waals surface area contributed by atoms with Gasteiger partial charge in [0.2, 0.25) is 0 Å². The summed E-state index contributed by atoms with van der Waals surface area (Å²) in [5.41, 5.74) is 1.08. The number of amides is 1. The SMILES string of the molecule is CCOC(=O)c1ccccc1COC(=O)N(CC)CC. The van der Waals surface area contributed by atoms with E-state index in [-0.39, 0.29) is 12.7 Å². The van der Waals surface area contributed by atoms with Gasteiger partial charge in [0.25, 0.3) is 0 Å². The molecule has 0 radical (unpaired) electrons. The van der Waals surface area contributed by atoms with Crippen LogP contribution >= 0.6 is 0 Å². The Labute approximate surface area is 119 Å². The molecule has 0 saturated carbocycles. The van der Waals surface area contributed by atoms with Crippen molar-refractivity contribution in [2.75, 3.05) is 19.7 Å². The maximum atomic E-state index is 11.8. The Balaban J connectivity index is 2.73. The van der Waals surface area contributed by atoms with Gasteiger partial charge in [0.15, 0.2) is 0 Å². The van der Waals surface area contributed by atoms with E-state index >= 15 is 0 Å². The third kappa shape index (κ3) is 4.26. The molecule has 110 valence electrons. The first-order valence-electron chi connectivity index (χ1n) is 6.80. The van der Waals surface area contributed by atoms with Gasteiger partial charge in [0.05, 0.1) is 12.2 Å². The third-order valence-electron chi connectivity index (χ3n) is 2.89. The van der Waals surface area contributed by atoms with Gasteiger partial charge < -0.3 is 14.4 Å². The second kappa shape index (κ2) is 8.19. The van der Waals surface area contributed by atoms with Crippen molar-refractivity contribution in [1.82, 2.24) is 4.90 Å². The lowest BCUT2D eigenvalue weighted by Crippen LogP contribution is -2.31. The van der Waals surface area contributed by atoms with Crippen LogP contribution in [0.5, 0.6) is 0 Å². The molecule has 0 aromatic heterocycles. The Morgan fingerprint density at radius 1 is 1.05 bits per heavy atom. The highest BCUT2D eigenvalue weighted by Gasteiger charge is 2.15. The maximum Gasteiger partial charge on any atom is 0.410 e. The van der Waals surface area contributed by atoms with Crippen molar-refractivity contribution >= 4 is 12.1 Å². The number of carbonyl (C=O) groups excluding carboxylic acids is 2. The lowest BCUT2D eigenvalue weighted by atomic mass is 10.1. The summed E-state index contributed by atoms with van der Waals surface area (Å²) in [6, 6.07) is 6.96. The molecule has 1 aromatic rings. The van der Waals surface area contributed by atoms with E-state index in [9.17, 15) is 9.59 Å². The molecule has 0 unspecified atom stereocenters. The quantitative estimate of drug-likeness (QED) is 0.751. The molecule has 5 heteroatoms. The average Bonchev–Trinajstić information content (AvgIpc) is 2.47. The normalized spacial score (nSPS) is 9.95. The van der Waals surface area contributed by atoms with Gasteiger partial charge in [0.1, 0.15) is 6.61 Å². The van der Waals surface area contributed by atoms with Crippen molar-refractivity contribution in [1.29, 1.82) is 0 Å². The summed E-state index contributed by atoms with van der Waals surface area (Å²) in [7, 11) is 0. The van der Waals surface area contributed by atoms with E-state index in [0.29, 0.717) is 30.8 Å². The van der Waals surface area contributed by atoms with E-state index in [1.807, 2.05) is 13.8 Å². The van der Waals surface area contributed by atoms with Gasteiger partial charge in [-0.15, -0.1) is 0 Å². The average molecular weight is 279 g/mol. The third-order valence-corrected chi connectivity index (χ3v) is 2.89. The Morgan fingerprint density at radius 3 is 2.30 bits per heavy atom. The van der Waals surface area contributed by atoms with Crippen LogP contribution < -0.4 is 0 Å². The molecule has 0 fully saturated rings. The fourth-order valence-corrected chi connectivity index (χ4v) is 1.77. The highest BCUT2D eigenvalue weighted by Crippen LogP contribution is 2.12. The van der Waals surface area contributed by atoms with Gasteiger partial charge >= 0.3 is 12.1 Å². The molecule has 0 aliphatic rings. The smallest absolute Gasteiger partial charge is 0.410 e. The lowest BCUT2D eigenvalue weighted by molar-refractivity contribution is 0.0519. The number of hydrogen-bond acceptors (Lipinski definition) is 4. The molecule has 1 aromatic carbocycles. The maximum absolute atomic E-state index is 11.8. The van der Waals surface area contributed by atoms with Crippen LogP contribution in [0.1, 0.15) is 36.7 Å². The molecule has 0 bridgehead atoms. The summed E-state index contributed by atoms with van der Waals surface area (Å²) in [4.78, 5) is 25.1. The predicted octanol–water partition coefficient (Wildman–Crippen LogP) is 2.84. The van der Waals surface area contributed by atoms with E-state index in [1.54, 1.807) is 36.1 Å². The van der Waals surface area contributed by atoms with Gasteiger partial charge in [-0.3, -0.25) is 0 Å². The van der Waals surface area contributed by atoms with Crippen molar-refractivity contribution in [2.45, 2.75) is 27.4 Å². The van der Waals surface area contributed by atoms with E-state index in [4.69, 9.17) is 9.47 Å². The first kappa shape index (κ1) is 16.0. The predicted molar refractivity (Wildman–Crippen MR) is 75.5 cm³/mol. The van der Waals surface area contributed by atoms with Crippen LogP contribution in [-0.2, 0) is 16.1 Å². The molecule has 0 aliphatic carbocycles. The van der Waals surface area contributed by atoms with Crippen LogP contribution in [0, 0.1) is 0 Å². The van der Waals surface area contributed by atoms with Crippen LogP contribution in [0.4, 0.5) is 4.79 Å². The molecular weight excluding hydrogens is 258 g/mol. The molecule has 0 aliphatic heterocycles. The first-order chi connectivity index (χ1) is 9.63. The molecule has 0 spiro atoms. The molecule has 0 heterocycles. The Bertz CT molecular complexity index is 455. The van der Waals surface area contributed by atoms with Crippen LogP contribution in [-0.4, -0.2) is 36.7 Å². The molecule has 0 saturated heterocycles. The monoisotopic (exact) mass is 279 g/mol. The summed E-state index contributed by atoms with van der Waals surface area (Å²) in [5, 5.41) is 0. The van der Waals surface area contributed by atoms with Gasteiger partial charge in [-0.1, -0.05) is 18.2 Å². The van der Waals surface area contributed by atoms with E-state index < -0.39 is 5.97 Å². The van der Waals surface area contributed by atoms with Crippen molar-refractivity contribution in [3.8, 4) is 0 Å². The minimum atomic E-state index is -0.401. The summed E-state index contributed by atoms with van der Waals surface area (Å²) >= 11 is 0. The zero-order valence-electron chi connectivity index (χ0n) is 12.2. The van der Waals surface area contributed by atoms with E-state index in [1.165, 1.54) is 0 Å². The summed E-state index contributed by atoms with van der Waals surface area (Å²) < 4.78 is 10.2. The number of carbonyl (C=O) groups is 2. The van der Waals surface area contributed by atoms with Crippen molar-refractivity contribution < 1.29 is 19.1 Å². The molecule has 5 nitrogen and oxygen atoms in total. The number of benzene rings is 1. The molecule has 20 heavy (non-hydrogen) atoms. The van der Waals surface area contributed by atoms with Crippen molar-refractivity contribution in [3.05, 3.63) is 35.4 Å². The van der Waals surface area contributed by atoms with Crippen LogP contribution in [0.3, 0.4) is 0 Å². The van der Waals surface area contributed by atoms with Crippen molar-refractivity contribution in [2.24, 2.45) is 0 Å². The molecule has 1 rings (SSSR count). The largest absolute Gasteiger partial charge is 0.462 e. The number of ether oxygens (including phenoxy) is 2. The summed E-state index contributed by atoms with van der Waals surface area (Å²) in [6.45, 7) is 7.08. The second-order valence-electron chi connectivity index (χ2n) is 4.10. The number of esters is 1. The number of rotatable bonds is 6. The fraction of sp³-hybridized carbons (Fsp3) is 0.467. The van der Waals surface area contributed by atoms with Gasteiger partial charge in [-0.05, 0) is 26.8 Å². The highest BCUT2D eigenvalue weighted by atomic mass is 16.6. The zero-order valence-corrected chi connectivity index (χ0v) is 12.2. The molecule has 1 amide bonds. The second-order valence-corrected chi connectivity index (χ2v) is 4.10. The lowest BCUT2D eigenvalue weighted by Gasteiger charge is -2.18. The molecular formula is C15H21NO4. The first-order valence-corrected chi connectivity index (χ1v) is 6.80. The molecule has 0 N–H and O–H groups in total.